The second kappa shape index (κ2) is 16.9. The fourth-order valence-corrected chi connectivity index (χ4v) is 9.76. The Morgan fingerprint density at radius 2 is 1.71 bits per heavy atom. The van der Waals surface area contributed by atoms with Gasteiger partial charge in [-0.3, -0.25) is 29.3 Å². The number of aromatic nitrogens is 5. The monoisotopic (exact) mass is 907 g/mol. The molecule has 2 fully saturated rings. The first-order valence-electron chi connectivity index (χ1n) is 22.0. The van der Waals surface area contributed by atoms with Gasteiger partial charge >= 0.3 is 0 Å². The van der Waals surface area contributed by atoms with Crippen molar-refractivity contribution in [2.45, 2.75) is 63.8 Å². The molecule has 0 radical (unpaired) electrons. The summed E-state index contributed by atoms with van der Waals surface area (Å²) in [5.41, 5.74) is 5.39. The zero-order valence-corrected chi connectivity index (χ0v) is 36.8. The van der Waals surface area contributed by atoms with Crippen LogP contribution in [0.2, 0.25) is 5.02 Å². The topological polar surface area (TPSA) is 200 Å². The predicted molar refractivity (Wildman–Crippen MR) is 250 cm³/mol. The van der Waals surface area contributed by atoms with Crippen molar-refractivity contribution in [3.05, 3.63) is 135 Å². The summed E-state index contributed by atoms with van der Waals surface area (Å²) in [5.74, 6) is -0.673. The summed E-state index contributed by atoms with van der Waals surface area (Å²) in [6, 6.07) is 21.4. The van der Waals surface area contributed by atoms with Crippen molar-refractivity contribution in [1.29, 1.82) is 0 Å². The average Bonchev–Trinajstić information content (AvgIpc) is 3.93. The van der Waals surface area contributed by atoms with Gasteiger partial charge in [0.1, 0.15) is 17.0 Å². The van der Waals surface area contributed by atoms with Crippen LogP contribution in [0.15, 0.2) is 96.4 Å². The molecule has 0 spiro atoms. The number of nitrogens with one attached hydrogen (secondary N) is 3. The minimum Gasteiger partial charge on any atom is -0.384 e. The number of amides is 4. The number of hydrogen-bond acceptors (Lipinski definition) is 12. The van der Waals surface area contributed by atoms with Crippen LogP contribution in [0.25, 0.3) is 16.9 Å². The van der Waals surface area contributed by atoms with Gasteiger partial charge < -0.3 is 30.4 Å². The Labute approximate surface area is 383 Å². The maximum Gasteiger partial charge on any atom is 0.278 e. The summed E-state index contributed by atoms with van der Waals surface area (Å²) < 4.78 is 3.19. The Balaban J connectivity index is 0.770. The molecule has 3 aliphatic heterocycles. The minimum atomic E-state index is -1.02. The first-order chi connectivity index (χ1) is 31.9. The van der Waals surface area contributed by atoms with Crippen molar-refractivity contribution in [2.75, 3.05) is 46.6 Å². The van der Waals surface area contributed by atoms with Crippen molar-refractivity contribution in [3.8, 4) is 5.82 Å². The lowest BCUT2D eigenvalue weighted by Gasteiger charge is -2.37. The van der Waals surface area contributed by atoms with Crippen LogP contribution in [-0.4, -0.2) is 90.2 Å². The molecule has 1 unspecified atom stereocenters. The lowest BCUT2D eigenvalue weighted by atomic mass is 9.98. The number of piperidine rings is 1. The molecule has 17 nitrogen and oxygen atoms in total. The summed E-state index contributed by atoms with van der Waals surface area (Å²) in [4.78, 5) is 84.2. The van der Waals surface area contributed by atoms with Crippen molar-refractivity contribution < 1.29 is 24.3 Å². The van der Waals surface area contributed by atoms with Crippen LogP contribution < -0.4 is 31.3 Å². The van der Waals surface area contributed by atoms with E-state index in [2.05, 4.69) is 37.3 Å². The van der Waals surface area contributed by atoms with Crippen LogP contribution in [-0.2, 0) is 34.7 Å². The molecule has 4 amide bonds. The number of carbonyl (C=O) groups is 4. The first-order valence-corrected chi connectivity index (χ1v) is 22.4. The summed E-state index contributed by atoms with van der Waals surface area (Å²) in [6.45, 7) is 9.09. The van der Waals surface area contributed by atoms with Crippen LogP contribution in [0.3, 0.4) is 0 Å². The highest BCUT2D eigenvalue weighted by Gasteiger charge is 2.40. The fourth-order valence-electron chi connectivity index (χ4n) is 9.46. The quantitative estimate of drug-likeness (QED) is 0.0950. The summed E-state index contributed by atoms with van der Waals surface area (Å²) in [5, 5.41) is 20.6. The Morgan fingerprint density at radius 1 is 0.939 bits per heavy atom. The molecule has 336 valence electrons. The number of aryl methyl sites for hydroxylation is 1. The van der Waals surface area contributed by atoms with Gasteiger partial charge in [-0.2, -0.15) is 4.98 Å². The first kappa shape index (κ1) is 42.6. The summed E-state index contributed by atoms with van der Waals surface area (Å²) in [6.07, 6.45) is 5.48. The third kappa shape index (κ3) is 7.62. The van der Waals surface area contributed by atoms with E-state index in [9.17, 15) is 29.1 Å². The van der Waals surface area contributed by atoms with Gasteiger partial charge in [0.15, 0.2) is 11.5 Å². The number of hydrogen-bond donors (Lipinski definition) is 4. The highest BCUT2D eigenvalue weighted by Crippen LogP contribution is 2.39. The predicted octanol–water partition coefficient (Wildman–Crippen LogP) is 5.44. The van der Waals surface area contributed by atoms with Crippen LogP contribution in [0, 0.1) is 0 Å². The number of nitrogens with zero attached hydrogens (tertiary/aromatic N) is 8. The lowest BCUT2D eigenvalue weighted by Crippen LogP contribution is -2.52. The Morgan fingerprint density at radius 3 is 2.45 bits per heavy atom. The molecule has 1 aliphatic carbocycles. The number of carbonyl (C=O) groups excluding carboxylic acids is 4. The largest absolute Gasteiger partial charge is 0.384 e. The van der Waals surface area contributed by atoms with Crippen molar-refractivity contribution in [3.63, 3.8) is 0 Å². The van der Waals surface area contributed by atoms with E-state index in [1.165, 1.54) is 15.8 Å². The van der Waals surface area contributed by atoms with E-state index >= 15 is 0 Å². The van der Waals surface area contributed by atoms with Crippen LogP contribution >= 0.6 is 11.6 Å². The third-order valence-electron chi connectivity index (χ3n) is 13.1. The van der Waals surface area contributed by atoms with Gasteiger partial charge in [0, 0.05) is 73.5 Å². The maximum absolute atomic E-state index is 13.6. The number of allylic oxidation sites excluding steroid dienone is 1. The average molecular weight is 908 g/mol. The Kier molecular flexibility index (Phi) is 10.9. The van der Waals surface area contributed by atoms with Gasteiger partial charge in [-0.1, -0.05) is 30.7 Å². The molecule has 2 saturated heterocycles. The van der Waals surface area contributed by atoms with E-state index in [1.54, 1.807) is 41.1 Å². The van der Waals surface area contributed by atoms with Gasteiger partial charge in [-0.05, 0) is 104 Å². The fraction of sp³-hybridized carbons (Fsp3) is 0.292. The van der Waals surface area contributed by atoms with Crippen molar-refractivity contribution in [1.82, 2.24) is 34.5 Å². The molecule has 66 heavy (non-hydrogen) atoms. The lowest BCUT2D eigenvalue weighted by molar-refractivity contribution is -0.136. The molecule has 0 saturated carbocycles. The van der Waals surface area contributed by atoms with Gasteiger partial charge in [0.25, 0.3) is 17.4 Å². The number of anilines is 5. The van der Waals surface area contributed by atoms with E-state index in [1.807, 2.05) is 49.4 Å². The number of rotatable bonds is 11. The SMILES string of the molecule is C=CCn1c(=O)c2cnc(Nc3ccc(N4CCN(c5ccc(C(=O)Nc6ccc7c(c6)CN(C6CCC(=O)NC6=O)C7=O)cc5Cl)CC4)cc3)nc2n1-c1ccc2c(n1)[C@@](O)(CC)CC2. The Bertz CT molecular complexity index is 3050. The molecule has 6 aromatic rings. The number of aliphatic hydroxyl groups is 1. The molecule has 10 rings (SSSR count). The van der Waals surface area contributed by atoms with Gasteiger partial charge in [-0.25, -0.2) is 19.3 Å². The molecule has 3 aromatic heterocycles. The van der Waals surface area contributed by atoms with Crippen LogP contribution in [0.5, 0.6) is 0 Å². The number of fused-ring (bicyclic) bond motifs is 3. The number of piperazine rings is 1. The van der Waals surface area contributed by atoms with E-state index in [0.29, 0.717) is 81.8 Å². The molecule has 2 atom stereocenters. The van der Waals surface area contributed by atoms with E-state index in [4.69, 9.17) is 21.6 Å². The van der Waals surface area contributed by atoms with Gasteiger partial charge in [-0.15, -0.1) is 6.58 Å². The maximum atomic E-state index is 13.6. The minimum absolute atomic E-state index is 0.172. The van der Waals surface area contributed by atoms with Crippen LogP contribution in [0.1, 0.15) is 70.1 Å². The van der Waals surface area contributed by atoms with E-state index in [0.717, 1.165) is 42.1 Å². The molecule has 3 aromatic carbocycles. The normalized spacial score (nSPS) is 19.2. The third-order valence-corrected chi connectivity index (χ3v) is 13.4. The summed E-state index contributed by atoms with van der Waals surface area (Å²) in [7, 11) is 0. The zero-order chi connectivity index (χ0) is 45.9. The molecule has 4 aliphatic rings. The molecule has 6 heterocycles. The van der Waals surface area contributed by atoms with E-state index in [-0.39, 0.29) is 49.2 Å². The zero-order valence-electron chi connectivity index (χ0n) is 36.1. The second-order valence-corrected chi connectivity index (χ2v) is 17.4. The number of halogens is 1. The molecular weight excluding hydrogens is 862 g/mol. The second-order valence-electron chi connectivity index (χ2n) is 17.0. The van der Waals surface area contributed by atoms with Crippen molar-refractivity contribution in [2.24, 2.45) is 0 Å². The number of pyridine rings is 1. The highest BCUT2D eigenvalue weighted by molar-refractivity contribution is 6.33. The number of imide groups is 1. The number of benzene rings is 3. The van der Waals surface area contributed by atoms with E-state index < -0.39 is 17.6 Å². The highest BCUT2D eigenvalue weighted by atomic mass is 35.5. The molecule has 4 N–H and O–H groups in total. The van der Waals surface area contributed by atoms with Gasteiger partial charge in [0.2, 0.25) is 17.8 Å². The molecule has 18 heteroatoms. The van der Waals surface area contributed by atoms with Gasteiger partial charge in [0.05, 0.1) is 22.9 Å². The van der Waals surface area contributed by atoms with Crippen molar-refractivity contribution >= 4 is 75.0 Å². The molecule has 0 bridgehead atoms. The standard InChI is InChI=1S/C48H46ClN11O6/c1-3-19-59-46(65)35-26-50-47(55-42(35)60(59)39-15-6-28-17-18-48(66,4-2)41(28)53-39)52-31-7-10-33(11-8-31)56-20-22-57(23-21-56)37-13-5-29(25-36(37)49)43(62)51-32-9-12-34-30(24-32)27-58(45(34)64)38-14-16-40(61)54-44(38)63/h3,5-13,15,24-26,38,66H,1,4,14,16-23,27H2,2H3,(H,51,62)(H,50,52,55)(H,54,61,63)/t38?,48-/m1/s1. The van der Waals surface area contributed by atoms with Crippen LogP contribution in [0.4, 0.5) is 28.7 Å². The molecular formula is C48H46ClN11O6. The summed E-state index contributed by atoms with van der Waals surface area (Å²) >= 11 is 6.80. The smallest absolute Gasteiger partial charge is 0.278 e. The Hall–Kier alpha value is -7.37.